The number of methoxy groups -OCH3 is 1. The topological polar surface area (TPSA) is 81.0 Å². The number of rotatable bonds is 3. The van der Waals surface area contributed by atoms with Crippen molar-refractivity contribution in [2.24, 2.45) is 0 Å². The molecular weight excluding hydrogens is 218 g/mol. The van der Waals surface area contributed by atoms with Crippen LogP contribution in [0.25, 0.3) is 0 Å². The average Bonchev–Trinajstić information content (AvgIpc) is 2.81. The zero-order valence-corrected chi connectivity index (χ0v) is 9.13. The summed E-state index contributed by atoms with van der Waals surface area (Å²) < 4.78 is 35.0. The smallest absolute Gasteiger partial charge is 0.356 e. The summed E-state index contributed by atoms with van der Waals surface area (Å²) in [5, 5.41) is 0. The summed E-state index contributed by atoms with van der Waals surface area (Å²) in [6, 6.07) is -0.580. The minimum absolute atomic E-state index is 0.0656. The zero-order chi connectivity index (χ0) is 15.7. The number of pyridine rings is 1. The van der Waals surface area contributed by atoms with E-state index in [2.05, 4.69) is 14.7 Å². The van der Waals surface area contributed by atoms with Gasteiger partial charge in [-0.15, -0.1) is 0 Å². The van der Waals surface area contributed by atoms with Gasteiger partial charge < -0.3 is 15.5 Å². The summed E-state index contributed by atoms with van der Waals surface area (Å²) in [6.07, 6.45) is 0.890. The van der Waals surface area contributed by atoms with Crippen LogP contribution in [0.1, 0.15) is 27.1 Å². The van der Waals surface area contributed by atoms with Crippen LogP contribution in [0.15, 0.2) is 30.6 Å². The number of aromatic amines is 1. The van der Waals surface area contributed by atoms with Gasteiger partial charge in [0, 0.05) is 25.0 Å². The number of H-pyrrole nitrogens is 1. The zero-order valence-electron chi connectivity index (χ0n) is 13.1. The molecule has 0 fully saturated rings. The lowest BCUT2D eigenvalue weighted by molar-refractivity contribution is 0.0596. The van der Waals surface area contributed by atoms with Gasteiger partial charge in [0.25, 0.3) is 0 Å². The first-order chi connectivity index (χ1) is 9.86. The molecule has 0 aliphatic rings. The summed E-state index contributed by atoms with van der Waals surface area (Å²) in [7, 11) is 1.23. The number of carbonyl (C=O) groups excluding carboxylic acids is 1. The van der Waals surface area contributed by atoms with Gasteiger partial charge in [0.2, 0.25) is 0 Å². The van der Waals surface area contributed by atoms with Crippen molar-refractivity contribution >= 4 is 11.7 Å². The third-order valence-corrected chi connectivity index (χ3v) is 2.28. The molecule has 2 aromatic rings. The Morgan fingerprint density at radius 1 is 1.71 bits per heavy atom. The van der Waals surface area contributed by atoms with Crippen molar-refractivity contribution in [3.05, 3.63) is 47.4 Å². The maximum Gasteiger partial charge on any atom is 0.356 e. The standard InChI is InChI=1S/C12H13N3O2/c1-17-12(16)11-10(13)9(7-15-11)5-8-3-2-4-14-6-8/h2-4,6-7,15H,5,13H2,1H3/i2D,3D,4D,6D. The number of ether oxygens (including phenoxy) is 1. The lowest BCUT2D eigenvalue weighted by Crippen LogP contribution is -2.05. The van der Waals surface area contributed by atoms with Gasteiger partial charge in [-0.05, 0) is 17.2 Å². The quantitative estimate of drug-likeness (QED) is 0.787. The van der Waals surface area contributed by atoms with E-state index in [0.29, 0.717) is 5.56 Å². The fourth-order valence-electron chi connectivity index (χ4n) is 1.42. The number of nitrogens with zero attached hydrogens (tertiary/aromatic N) is 1. The highest BCUT2D eigenvalue weighted by atomic mass is 16.5. The number of nitrogens with one attached hydrogen (secondary N) is 1. The van der Waals surface area contributed by atoms with Crippen molar-refractivity contribution in [1.29, 1.82) is 0 Å². The Morgan fingerprint density at radius 3 is 3.29 bits per heavy atom. The summed E-state index contributed by atoms with van der Waals surface area (Å²) in [5.74, 6) is -0.614. The molecule has 0 saturated carbocycles. The summed E-state index contributed by atoms with van der Waals surface area (Å²) in [4.78, 5) is 17.7. The predicted molar refractivity (Wildman–Crippen MR) is 63.6 cm³/mol. The van der Waals surface area contributed by atoms with E-state index < -0.39 is 12.1 Å². The van der Waals surface area contributed by atoms with Crippen LogP contribution in [0, 0.1) is 0 Å². The van der Waals surface area contributed by atoms with Crippen molar-refractivity contribution in [2.45, 2.75) is 6.42 Å². The number of carbonyl (C=O) groups is 1. The summed E-state index contributed by atoms with van der Waals surface area (Å²) >= 11 is 0. The Hall–Kier alpha value is -2.30. The predicted octanol–water partition coefficient (Wildman–Crippen LogP) is 1.37. The number of esters is 1. The number of hydrogen-bond donors (Lipinski definition) is 2. The molecule has 2 heterocycles. The molecule has 0 aliphatic heterocycles. The van der Waals surface area contributed by atoms with Crippen LogP contribution in [-0.2, 0) is 11.2 Å². The molecule has 0 bridgehead atoms. The number of nitrogens with two attached hydrogens (primary N) is 1. The first kappa shape index (κ1) is 7.11. The second-order valence-corrected chi connectivity index (χ2v) is 3.33. The van der Waals surface area contributed by atoms with Gasteiger partial charge in [0.15, 0.2) is 0 Å². The lowest BCUT2D eigenvalue weighted by Gasteiger charge is -2.01. The third-order valence-electron chi connectivity index (χ3n) is 2.28. The van der Waals surface area contributed by atoms with Crippen LogP contribution in [-0.4, -0.2) is 23.0 Å². The van der Waals surface area contributed by atoms with Gasteiger partial charge in [0.1, 0.15) is 5.69 Å². The molecule has 0 saturated heterocycles. The van der Waals surface area contributed by atoms with E-state index in [-0.39, 0.29) is 41.6 Å². The lowest BCUT2D eigenvalue weighted by atomic mass is 10.1. The van der Waals surface area contributed by atoms with E-state index in [9.17, 15) is 4.79 Å². The third kappa shape index (κ3) is 2.28. The van der Waals surface area contributed by atoms with Gasteiger partial charge in [0.05, 0.1) is 18.3 Å². The first-order valence-corrected chi connectivity index (χ1v) is 4.84. The molecule has 5 heteroatoms. The van der Waals surface area contributed by atoms with E-state index in [1.165, 1.54) is 13.3 Å². The molecule has 17 heavy (non-hydrogen) atoms. The maximum absolute atomic E-state index is 11.5. The van der Waals surface area contributed by atoms with Gasteiger partial charge in [-0.25, -0.2) is 4.79 Å². The van der Waals surface area contributed by atoms with Crippen LogP contribution in [0.2, 0.25) is 0 Å². The van der Waals surface area contributed by atoms with Crippen molar-refractivity contribution < 1.29 is 15.0 Å². The minimum Gasteiger partial charge on any atom is -0.464 e. The highest BCUT2D eigenvalue weighted by Crippen LogP contribution is 2.20. The largest absolute Gasteiger partial charge is 0.464 e. The maximum atomic E-state index is 11.5. The number of hydrogen-bond acceptors (Lipinski definition) is 4. The molecule has 0 unspecified atom stereocenters. The van der Waals surface area contributed by atoms with Crippen LogP contribution in [0.5, 0.6) is 0 Å². The second kappa shape index (κ2) is 4.69. The SMILES string of the molecule is [2H]c1nc([2H])c(Cc2c[nH]c(C(=O)OC)c2N)c([2H])c1[2H]. The molecule has 5 nitrogen and oxygen atoms in total. The molecular formula is C12H13N3O2. The average molecular weight is 235 g/mol. The van der Waals surface area contributed by atoms with E-state index in [1.54, 1.807) is 0 Å². The van der Waals surface area contributed by atoms with Crippen molar-refractivity contribution in [1.82, 2.24) is 9.97 Å². The number of aromatic nitrogens is 2. The molecule has 0 amide bonds. The highest BCUT2D eigenvalue weighted by molar-refractivity contribution is 5.94. The van der Waals surface area contributed by atoms with E-state index in [1.807, 2.05) is 0 Å². The van der Waals surface area contributed by atoms with Gasteiger partial charge in [-0.1, -0.05) is 6.04 Å². The molecule has 0 aliphatic carbocycles. The highest BCUT2D eigenvalue weighted by Gasteiger charge is 2.15. The van der Waals surface area contributed by atoms with Gasteiger partial charge in [-0.3, -0.25) is 4.98 Å². The van der Waals surface area contributed by atoms with Crippen LogP contribution >= 0.6 is 0 Å². The number of nitrogen functional groups attached to an aromatic ring is 1. The molecule has 2 aromatic heterocycles. The second-order valence-electron chi connectivity index (χ2n) is 3.33. The normalized spacial score (nSPS) is 13.5. The molecule has 2 rings (SSSR count). The van der Waals surface area contributed by atoms with Crippen LogP contribution < -0.4 is 5.73 Å². The van der Waals surface area contributed by atoms with Gasteiger partial charge >= 0.3 is 5.97 Å². The van der Waals surface area contributed by atoms with E-state index in [0.717, 1.165) is 0 Å². The molecule has 0 spiro atoms. The van der Waals surface area contributed by atoms with Gasteiger partial charge in [-0.2, -0.15) is 0 Å². The van der Waals surface area contributed by atoms with Crippen molar-refractivity contribution in [3.8, 4) is 0 Å². The van der Waals surface area contributed by atoms with Crippen molar-refractivity contribution in [2.75, 3.05) is 12.8 Å². The molecule has 0 radical (unpaired) electrons. The van der Waals surface area contributed by atoms with E-state index in [4.69, 9.17) is 11.2 Å². The first-order valence-electron chi connectivity index (χ1n) is 6.84. The Balaban J connectivity index is 2.42. The van der Waals surface area contributed by atoms with Crippen molar-refractivity contribution in [3.63, 3.8) is 0 Å². The van der Waals surface area contributed by atoms with E-state index >= 15 is 0 Å². The van der Waals surface area contributed by atoms with Crippen LogP contribution in [0.3, 0.4) is 0 Å². The fraction of sp³-hybridized carbons (Fsp3) is 0.167. The molecule has 0 aromatic carbocycles. The monoisotopic (exact) mass is 235 g/mol. The molecule has 88 valence electrons. The van der Waals surface area contributed by atoms with Crippen LogP contribution in [0.4, 0.5) is 5.69 Å². The summed E-state index contributed by atoms with van der Waals surface area (Å²) in [6.45, 7) is 0. The Morgan fingerprint density at radius 2 is 2.53 bits per heavy atom. The number of anilines is 1. The summed E-state index contributed by atoms with van der Waals surface area (Å²) in [5.41, 5.74) is 6.78. The molecule has 0 atom stereocenters. The fourth-order valence-corrected chi connectivity index (χ4v) is 1.42. The Bertz CT molecular complexity index is 715. The minimum atomic E-state index is -0.614. The Kier molecular flexibility index (Phi) is 1.96. The Labute approximate surface area is 104 Å². The molecule has 3 N–H and O–H groups in total.